The third kappa shape index (κ3) is 3.68. The van der Waals surface area contributed by atoms with Crippen molar-refractivity contribution in [2.75, 3.05) is 19.9 Å². The number of rotatable bonds is 4. The molecule has 6 heteroatoms. The molecule has 1 N–H and O–H groups in total. The maximum absolute atomic E-state index is 12.9. The number of ether oxygens (including phenoxy) is 2. The van der Waals surface area contributed by atoms with Crippen LogP contribution in [0.2, 0.25) is 0 Å². The van der Waals surface area contributed by atoms with Gasteiger partial charge in [-0.2, -0.15) is 0 Å². The van der Waals surface area contributed by atoms with Gasteiger partial charge in [-0.15, -0.1) is 0 Å². The highest BCUT2D eigenvalue weighted by molar-refractivity contribution is 5.95. The number of nitrogens with zero attached hydrogens (tertiary/aromatic N) is 1. The van der Waals surface area contributed by atoms with Crippen LogP contribution >= 0.6 is 0 Å². The van der Waals surface area contributed by atoms with Gasteiger partial charge in [0.1, 0.15) is 0 Å². The lowest BCUT2D eigenvalue weighted by Crippen LogP contribution is -2.50. The van der Waals surface area contributed by atoms with Crippen LogP contribution in [-0.2, 0) is 4.79 Å². The van der Waals surface area contributed by atoms with E-state index < -0.39 is 0 Å². The fourth-order valence-electron chi connectivity index (χ4n) is 7.56. The second kappa shape index (κ2) is 7.42. The predicted molar refractivity (Wildman–Crippen MR) is 115 cm³/mol. The van der Waals surface area contributed by atoms with Gasteiger partial charge in [0, 0.05) is 31.1 Å². The molecule has 7 rings (SSSR count). The van der Waals surface area contributed by atoms with Crippen LogP contribution in [0.3, 0.4) is 0 Å². The molecule has 4 bridgehead atoms. The van der Waals surface area contributed by atoms with Crippen molar-refractivity contribution >= 4 is 11.8 Å². The molecular formula is C25H32N2O4. The lowest BCUT2D eigenvalue weighted by atomic mass is 9.49. The highest BCUT2D eigenvalue weighted by Gasteiger charge is 2.51. The number of amides is 2. The Hall–Kier alpha value is -2.24. The molecule has 0 radical (unpaired) electrons. The molecule has 0 atom stereocenters. The molecule has 4 aliphatic carbocycles. The Labute approximate surface area is 183 Å². The maximum Gasteiger partial charge on any atom is 0.253 e. The molecule has 6 aliphatic rings. The van der Waals surface area contributed by atoms with Crippen molar-refractivity contribution in [2.24, 2.45) is 23.2 Å². The van der Waals surface area contributed by atoms with E-state index in [2.05, 4.69) is 5.32 Å². The Bertz CT molecular complexity index is 854. The lowest BCUT2D eigenvalue weighted by Gasteiger charge is -2.56. The van der Waals surface area contributed by atoms with Crippen LogP contribution in [0.15, 0.2) is 18.2 Å². The van der Waals surface area contributed by atoms with Gasteiger partial charge in [0.15, 0.2) is 11.5 Å². The summed E-state index contributed by atoms with van der Waals surface area (Å²) in [5.41, 5.74) is 0.919. The van der Waals surface area contributed by atoms with Crippen molar-refractivity contribution in [2.45, 2.75) is 63.8 Å². The maximum atomic E-state index is 12.9. The molecule has 4 saturated carbocycles. The summed E-state index contributed by atoms with van der Waals surface area (Å²) in [6.07, 6.45) is 10.4. The second-order valence-electron chi connectivity index (χ2n) is 10.8. The average molecular weight is 425 g/mol. The van der Waals surface area contributed by atoms with Gasteiger partial charge in [-0.05, 0) is 92.7 Å². The first-order valence-corrected chi connectivity index (χ1v) is 12.0. The first kappa shape index (κ1) is 19.4. The van der Waals surface area contributed by atoms with E-state index >= 15 is 0 Å². The molecule has 31 heavy (non-hydrogen) atoms. The lowest BCUT2D eigenvalue weighted by molar-refractivity contribution is -0.130. The zero-order valence-electron chi connectivity index (χ0n) is 18.1. The second-order valence-corrected chi connectivity index (χ2v) is 10.8. The van der Waals surface area contributed by atoms with E-state index in [1.165, 1.54) is 38.5 Å². The zero-order valence-corrected chi connectivity index (χ0v) is 18.1. The Kier molecular flexibility index (Phi) is 4.65. The van der Waals surface area contributed by atoms with Gasteiger partial charge in [0.25, 0.3) is 5.91 Å². The fraction of sp³-hybridized carbons (Fsp3) is 0.680. The molecule has 5 fully saturated rings. The first-order valence-electron chi connectivity index (χ1n) is 12.0. The number of fused-ring (bicyclic) bond motifs is 1. The third-order valence-corrected chi connectivity index (χ3v) is 8.47. The summed E-state index contributed by atoms with van der Waals surface area (Å²) in [4.78, 5) is 27.7. The topological polar surface area (TPSA) is 67.9 Å². The summed E-state index contributed by atoms with van der Waals surface area (Å²) in [7, 11) is 0. The highest BCUT2D eigenvalue weighted by Crippen LogP contribution is 2.61. The summed E-state index contributed by atoms with van der Waals surface area (Å²) in [6, 6.07) is 5.55. The standard InChI is InChI=1S/C25H32N2O4/c28-23(14-25-11-16-7-17(12-25)9-18(8-16)13-25)26-20-3-5-27(6-4-20)24(29)19-1-2-21-22(10-19)31-15-30-21/h1-2,10,16-18,20H,3-9,11-15H2,(H,26,28). The van der Waals surface area contributed by atoms with Gasteiger partial charge in [-0.3, -0.25) is 9.59 Å². The minimum atomic E-state index is 0.0247. The number of hydrogen-bond acceptors (Lipinski definition) is 4. The van der Waals surface area contributed by atoms with Crippen molar-refractivity contribution < 1.29 is 19.1 Å². The van der Waals surface area contributed by atoms with Gasteiger partial charge in [-0.25, -0.2) is 0 Å². The molecule has 6 nitrogen and oxygen atoms in total. The summed E-state index contributed by atoms with van der Waals surface area (Å²) >= 11 is 0. The molecule has 166 valence electrons. The molecule has 2 aliphatic heterocycles. The van der Waals surface area contributed by atoms with Crippen LogP contribution in [0.25, 0.3) is 0 Å². The zero-order chi connectivity index (χ0) is 21.0. The van der Waals surface area contributed by atoms with Crippen molar-refractivity contribution in [1.82, 2.24) is 10.2 Å². The van der Waals surface area contributed by atoms with E-state index in [-0.39, 0.29) is 30.1 Å². The molecule has 0 spiro atoms. The summed E-state index contributed by atoms with van der Waals surface area (Å²) in [6.45, 7) is 1.56. The Morgan fingerprint density at radius 1 is 0.968 bits per heavy atom. The number of nitrogens with one attached hydrogen (secondary N) is 1. The number of likely N-dealkylation sites (tertiary alicyclic amines) is 1. The quantitative estimate of drug-likeness (QED) is 0.800. The number of benzene rings is 1. The van der Waals surface area contributed by atoms with Crippen molar-refractivity contribution in [3.63, 3.8) is 0 Å². The minimum absolute atomic E-state index is 0.0247. The Morgan fingerprint density at radius 3 is 2.29 bits per heavy atom. The largest absolute Gasteiger partial charge is 0.454 e. The average Bonchev–Trinajstić information content (AvgIpc) is 3.20. The molecular weight excluding hydrogens is 392 g/mol. The smallest absolute Gasteiger partial charge is 0.253 e. The van der Waals surface area contributed by atoms with Gasteiger partial charge < -0.3 is 19.7 Å². The number of carbonyl (C=O) groups excluding carboxylic acids is 2. The first-order chi connectivity index (χ1) is 15.1. The molecule has 1 saturated heterocycles. The van der Waals surface area contributed by atoms with Crippen LogP contribution in [0.5, 0.6) is 11.5 Å². The SMILES string of the molecule is O=C(CC12CC3CC(CC(C3)C1)C2)NC1CCN(C(=O)c2ccc3c(c2)OCO3)CC1. The Balaban J connectivity index is 1.01. The molecule has 0 unspecified atom stereocenters. The van der Waals surface area contributed by atoms with Gasteiger partial charge in [0.05, 0.1) is 0 Å². The van der Waals surface area contributed by atoms with E-state index in [0.29, 0.717) is 36.6 Å². The Morgan fingerprint density at radius 2 is 1.61 bits per heavy atom. The third-order valence-electron chi connectivity index (χ3n) is 8.47. The van der Waals surface area contributed by atoms with E-state index in [9.17, 15) is 9.59 Å². The van der Waals surface area contributed by atoms with Gasteiger partial charge in [0.2, 0.25) is 12.7 Å². The summed E-state index contributed by atoms with van der Waals surface area (Å²) < 4.78 is 10.7. The van der Waals surface area contributed by atoms with E-state index in [4.69, 9.17) is 9.47 Å². The minimum Gasteiger partial charge on any atom is -0.454 e. The molecule has 1 aromatic carbocycles. The number of hydrogen-bond donors (Lipinski definition) is 1. The number of piperidine rings is 1. The van der Waals surface area contributed by atoms with E-state index in [1.54, 1.807) is 18.2 Å². The van der Waals surface area contributed by atoms with Crippen molar-refractivity contribution in [1.29, 1.82) is 0 Å². The summed E-state index contributed by atoms with van der Waals surface area (Å²) in [5, 5.41) is 3.31. The molecule has 1 aromatic rings. The molecule has 2 heterocycles. The van der Waals surface area contributed by atoms with Crippen LogP contribution in [-0.4, -0.2) is 42.6 Å². The van der Waals surface area contributed by atoms with E-state index in [0.717, 1.165) is 30.6 Å². The van der Waals surface area contributed by atoms with Crippen LogP contribution < -0.4 is 14.8 Å². The monoisotopic (exact) mass is 424 g/mol. The van der Waals surface area contributed by atoms with Gasteiger partial charge >= 0.3 is 0 Å². The van der Waals surface area contributed by atoms with E-state index in [1.807, 2.05) is 4.90 Å². The molecule has 2 amide bonds. The highest BCUT2D eigenvalue weighted by atomic mass is 16.7. The summed E-state index contributed by atoms with van der Waals surface area (Å²) in [5.74, 6) is 4.23. The van der Waals surface area contributed by atoms with Crippen molar-refractivity contribution in [3.05, 3.63) is 23.8 Å². The van der Waals surface area contributed by atoms with Crippen LogP contribution in [0.4, 0.5) is 0 Å². The van der Waals surface area contributed by atoms with Crippen molar-refractivity contribution in [3.8, 4) is 11.5 Å². The van der Waals surface area contributed by atoms with Crippen LogP contribution in [0.1, 0.15) is 68.1 Å². The van der Waals surface area contributed by atoms with Crippen LogP contribution in [0, 0.1) is 23.2 Å². The molecule has 0 aromatic heterocycles. The normalized spacial score (nSPS) is 33.5. The fourth-order valence-corrected chi connectivity index (χ4v) is 7.56. The number of carbonyl (C=O) groups is 2. The van der Waals surface area contributed by atoms with Gasteiger partial charge in [-0.1, -0.05) is 0 Å². The predicted octanol–water partition coefficient (Wildman–Crippen LogP) is 3.74.